The van der Waals surface area contributed by atoms with Gasteiger partial charge in [0.25, 0.3) is 0 Å². The summed E-state index contributed by atoms with van der Waals surface area (Å²) in [4.78, 5) is 20.0. The van der Waals surface area contributed by atoms with E-state index in [1.807, 2.05) is 0 Å². The van der Waals surface area contributed by atoms with Crippen LogP contribution in [0.5, 0.6) is 0 Å². The maximum absolute atomic E-state index is 10.0. The van der Waals surface area contributed by atoms with Crippen LogP contribution in [0.25, 0.3) is 0 Å². The third kappa shape index (κ3) is 2.76. The molecule has 4 nitrogen and oxygen atoms in total. The molecule has 0 bridgehead atoms. The van der Waals surface area contributed by atoms with Crippen LogP contribution >= 0.6 is 7.74 Å². The molecule has 0 aliphatic heterocycles. The van der Waals surface area contributed by atoms with E-state index < -0.39 is 7.74 Å². The summed E-state index contributed by atoms with van der Waals surface area (Å²) in [6.45, 7) is 0. The van der Waals surface area contributed by atoms with Crippen molar-refractivity contribution in [2.75, 3.05) is 14.2 Å². The van der Waals surface area contributed by atoms with Crippen molar-refractivity contribution in [3.05, 3.63) is 0 Å². The molecule has 44 valence electrons. The molecule has 0 N–H and O–H groups in total. The molecule has 7 heavy (non-hydrogen) atoms. The van der Waals surface area contributed by atoms with Crippen LogP contribution in [0.2, 0.25) is 0 Å². The van der Waals surface area contributed by atoms with Crippen molar-refractivity contribution in [2.45, 2.75) is 0 Å². The van der Waals surface area contributed by atoms with Gasteiger partial charge < -0.3 is 19.1 Å². The Kier molecular flexibility index (Phi) is 2.46. The predicted octanol–water partition coefficient (Wildman–Crippen LogP) is -1.07. The molecule has 0 saturated heterocycles. The molecule has 0 rings (SSSR count). The van der Waals surface area contributed by atoms with Gasteiger partial charge in [-0.25, -0.2) is 0 Å². The quantitative estimate of drug-likeness (QED) is 0.417. The van der Waals surface area contributed by atoms with Crippen molar-refractivity contribution in [3.8, 4) is 0 Å². The van der Waals surface area contributed by atoms with Gasteiger partial charge >= 0.3 is 0 Å². The summed E-state index contributed by atoms with van der Waals surface area (Å²) in [5.74, 6) is 0. The van der Waals surface area contributed by atoms with Crippen molar-refractivity contribution in [2.24, 2.45) is 4.74 Å². The monoisotopic (exact) mass is 123 g/mol. The van der Waals surface area contributed by atoms with E-state index in [2.05, 4.69) is 9.27 Å². The molecule has 0 saturated carbocycles. The van der Waals surface area contributed by atoms with Gasteiger partial charge in [-0.1, -0.05) is 7.74 Å². The van der Waals surface area contributed by atoms with Gasteiger partial charge in [0.2, 0.25) is 0 Å². The lowest BCUT2D eigenvalue weighted by Crippen LogP contribution is -2.14. The van der Waals surface area contributed by atoms with E-state index in [0.717, 1.165) is 14.2 Å². The molecular weight excluding hydrogens is 117 g/mol. The Morgan fingerprint density at radius 2 is 2.00 bits per heavy atom. The normalized spacial score (nSPS) is 11.4. The van der Waals surface area contributed by atoms with E-state index in [1.165, 1.54) is 0 Å². The summed E-state index contributed by atoms with van der Waals surface area (Å²) in [7, 11) is -1.55. The fourth-order valence-electron chi connectivity index (χ4n) is 0.0816. The second-order valence-electron chi connectivity index (χ2n) is 0.851. The van der Waals surface area contributed by atoms with Crippen molar-refractivity contribution in [1.29, 1.82) is 0 Å². The lowest BCUT2D eigenvalue weighted by atomic mass is 11.6. The Morgan fingerprint density at radius 3 is 2.00 bits per heavy atom. The van der Waals surface area contributed by atoms with Crippen molar-refractivity contribution >= 4 is 7.74 Å². The van der Waals surface area contributed by atoms with Crippen molar-refractivity contribution in [3.63, 3.8) is 0 Å². The van der Waals surface area contributed by atoms with E-state index in [1.54, 1.807) is 0 Å². The fourth-order valence-corrected chi connectivity index (χ4v) is 0.245. The maximum Gasteiger partial charge on any atom is 0.0385 e. The highest BCUT2D eigenvalue weighted by Crippen LogP contribution is 2.26. The summed E-state index contributed by atoms with van der Waals surface area (Å²) < 4.78 is 6.84. The first-order chi connectivity index (χ1) is 3.12. The van der Waals surface area contributed by atoms with Crippen LogP contribution in [-0.2, 0) is 4.52 Å². The van der Waals surface area contributed by atoms with Crippen LogP contribution in [0.1, 0.15) is 0 Å². The molecule has 0 aromatic heterocycles. The molecule has 0 aliphatic rings. The minimum atomic E-state index is -3.78. The van der Waals surface area contributed by atoms with Gasteiger partial charge in [-0.3, -0.25) is 0 Å². The zero-order valence-corrected chi connectivity index (χ0v) is 5.01. The molecule has 0 radical (unpaired) electrons. The number of hydrogen-bond acceptors (Lipinski definition) is 4. The average molecular weight is 123 g/mol. The molecule has 5 heteroatoms. The second-order valence-corrected chi connectivity index (χ2v) is 2.55. The molecule has 0 spiro atoms. The van der Waals surface area contributed by atoms with Crippen LogP contribution in [0.3, 0.4) is 0 Å². The standard InChI is InChI=1S/C2H6NO3P/c1-3-7(4,5)6-2/h1-2H3/q-2. The highest BCUT2D eigenvalue weighted by molar-refractivity contribution is 7.45. The Balaban J connectivity index is 3.85. The zero-order chi connectivity index (χ0) is 5.91. The first kappa shape index (κ1) is 7.11. The van der Waals surface area contributed by atoms with Gasteiger partial charge in [0.1, 0.15) is 0 Å². The van der Waals surface area contributed by atoms with Crippen LogP contribution in [0.4, 0.5) is 0 Å². The van der Waals surface area contributed by atoms with Crippen LogP contribution in [-0.4, -0.2) is 14.2 Å². The molecule has 0 aromatic rings. The molecular formula is C2H6NO3P-2. The zero-order valence-electron chi connectivity index (χ0n) is 4.12. The lowest BCUT2D eigenvalue weighted by molar-refractivity contribution is -0.325. The van der Waals surface area contributed by atoms with Gasteiger partial charge in [-0.05, 0) is 0 Å². The minimum absolute atomic E-state index is 1.07. The Bertz CT molecular complexity index is 95.1. The first-order valence-electron chi connectivity index (χ1n) is 1.60. The third-order valence-corrected chi connectivity index (χ3v) is 1.43. The SMILES string of the molecule is CN=P([O-])([O-])OC. The summed E-state index contributed by atoms with van der Waals surface area (Å²) in [6, 6.07) is 0. The van der Waals surface area contributed by atoms with Gasteiger partial charge in [-0.15, -0.1) is 0 Å². The number of rotatable bonds is 1. The molecule has 0 fully saturated rings. The van der Waals surface area contributed by atoms with Gasteiger partial charge in [0.15, 0.2) is 0 Å². The molecule has 0 heterocycles. The molecule has 0 aromatic carbocycles. The number of nitrogens with zero attached hydrogens (tertiary/aromatic N) is 1. The Labute approximate surface area is 42.1 Å². The van der Waals surface area contributed by atoms with E-state index in [4.69, 9.17) is 0 Å². The minimum Gasteiger partial charge on any atom is -0.806 e. The van der Waals surface area contributed by atoms with Crippen LogP contribution in [0, 0.1) is 0 Å². The topological polar surface area (TPSA) is 67.7 Å². The average Bonchev–Trinajstić information content (AvgIpc) is 1.68. The van der Waals surface area contributed by atoms with E-state index in [0.29, 0.717) is 0 Å². The number of hydrogen-bond donors (Lipinski definition) is 0. The van der Waals surface area contributed by atoms with E-state index in [9.17, 15) is 9.79 Å². The Morgan fingerprint density at radius 1 is 1.57 bits per heavy atom. The van der Waals surface area contributed by atoms with Gasteiger partial charge in [-0.2, -0.15) is 0 Å². The smallest absolute Gasteiger partial charge is 0.0385 e. The molecule has 0 amide bonds. The predicted molar refractivity (Wildman–Crippen MR) is 22.3 cm³/mol. The first-order valence-corrected chi connectivity index (χ1v) is 3.10. The summed E-state index contributed by atoms with van der Waals surface area (Å²) in [5, 5.41) is 0. The summed E-state index contributed by atoms with van der Waals surface area (Å²) in [5.41, 5.74) is 0. The Hall–Kier alpha value is 0.110. The van der Waals surface area contributed by atoms with Crippen molar-refractivity contribution in [1.82, 2.24) is 0 Å². The fraction of sp³-hybridized carbons (Fsp3) is 1.00. The van der Waals surface area contributed by atoms with Crippen LogP contribution < -0.4 is 9.79 Å². The van der Waals surface area contributed by atoms with E-state index in [-0.39, 0.29) is 0 Å². The van der Waals surface area contributed by atoms with Gasteiger partial charge in [0.05, 0.1) is 0 Å². The lowest BCUT2D eigenvalue weighted by Gasteiger charge is -2.34. The van der Waals surface area contributed by atoms with Crippen LogP contribution in [0.15, 0.2) is 4.74 Å². The largest absolute Gasteiger partial charge is 0.806 e. The highest BCUT2D eigenvalue weighted by atomic mass is 31.2. The highest BCUT2D eigenvalue weighted by Gasteiger charge is 1.73. The van der Waals surface area contributed by atoms with Crippen molar-refractivity contribution < 1.29 is 14.3 Å². The molecule has 0 atom stereocenters. The molecule has 0 aliphatic carbocycles. The summed E-state index contributed by atoms with van der Waals surface area (Å²) >= 11 is 0. The summed E-state index contributed by atoms with van der Waals surface area (Å²) in [6.07, 6.45) is 0. The van der Waals surface area contributed by atoms with Gasteiger partial charge in [0, 0.05) is 14.2 Å². The third-order valence-electron chi connectivity index (χ3n) is 0.476. The van der Waals surface area contributed by atoms with E-state index >= 15 is 0 Å². The second kappa shape index (κ2) is 2.43. The molecule has 0 unspecified atom stereocenters. The maximum atomic E-state index is 10.0.